The molecule has 21 heavy (non-hydrogen) atoms. The van der Waals surface area contributed by atoms with Crippen LogP contribution in [0.3, 0.4) is 0 Å². The van der Waals surface area contributed by atoms with Crippen molar-refractivity contribution in [1.82, 2.24) is 10.6 Å². The maximum Gasteiger partial charge on any atom is 0.191 e. The van der Waals surface area contributed by atoms with Crippen LogP contribution in [0, 0.1) is 12.8 Å². The smallest absolute Gasteiger partial charge is 0.191 e. The average Bonchev–Trinajstić information content (AvgIpc) is 3.31. The van der Waals surface area contributed by atoms with Crippen LogP contribution in [0.5, 0.6) is 5.75 Å². The van der Waals surface area contributed by atoms with Gasteiger partial charge in [0.05, 0.1) is 6.61 Å². The number of ether oxygens (including phenoxy) is 1. The molecule has 4 nitrogen and oxygen atoms in total. The molecule has 1 aromatic rings. The fourth-order valence-electron chi connectivity index (χ4n) is 2.00. The largest absolute Gasteiger partial charge is 0.493 e. The highest BCUT2D eigenvalue weighted by Crippen LogP contribution is 2.30. The third-order valence-corrected chi connectivity index (χ3v) is 3.48. The molecular formula is C17H25N3O. The fraction of sp³-hybridized carbons (Fsp3) is 0.471. The molecule has 0 aromatic heterocycles. The van der Waals surface area contributed by atoms with Gasteiger partial charge in [0.2, 0.25) is 0 Å². The summed E-state index contributed by atoms with van der Waals surface area (Å²) in [6, 6.07) is 6.34. The van der Waals surface area contributed by atoms with E-state index in [4.69, 9.17) is 4.74 Å². The Labute approximate surface area is 127 Å². The third kappa shape index (κ3) is 5.14. The van der Waals surface area contributed by atoms with Gasteiger partial charge in [0.15, 0.2) is 5.96 Å². The van der Waals surface area contributed by atoms with Crippen LogP contribution in [-0.2, 0) is 6.54 Å². The SMILES string of the molecule is C=CCNC(=NC)NCc1ccc(C)cc1OCC1CC1. The van der Waals surface area contributed by atoms with Gasteiger partial charge in [-0.1, -0.05) is 18.2 Å². The average molecular weight is 287 g/mol. The predicted molar refractivity (Wildman–Crippen MR) is 87.8 cm³/mol. The number of aryl methyl sites for hydroxylation is 1. The van der Waals surface area contributed by atoms with Crippen LogP contribution in [0.2, 0.25) is 0 Å². The molecule has 4 heteroatoms. The van der Waals surface area contributed by atoms with E-state index < -0.39 is 0 Å². The van der Waals surface area contributed by atoms with Crippen LogP contribution < -0.4 is 15.4 Å². The summed E-state index contributed by atoms with van der Waals surface area (Å²) in [5.74, 6) is 2.51. The highest BCUT2D eigenvalue weighted by Gasteiger charge is 2.22. The van der Waals surface area contributed by atoms with E-state index in [0.29, 0.717) is 13.1 Å². The molecule has 0 bridgehead atoms. The summed E-state index contributed by atoms with van der Waals surface area (Å²) in [6.07, 6.45) is 4.41. The van der Waals surface area contributed by atoms with Crippen molar-refractivity contribution in [3.05, 3.63) is 42.0 Å². The summed E-state index contributed by atoms with van der Waals surface area (Å²) in [5, 5.41) is 6.46. The van der Waals surface area contributed by atoms with Gasteiger partial charge in [-0.2, -0.15) is 0 Å². The van der Waals surface area contributed by atoms with E-state index in [1.54, 1.807) is 7.05 Å². The Morgan fingerprint density at radius 1 is 1.43 bits per heavy atom. The quantitative estimate of drug-likeness (QED) is 0.460. The van der Waals surface area contributed by atoms with E-state index in [1.165, 1.54) is 18.4 Å². The lowest BCUT2D eigenvalue weighted by Gasteiger charge is -2.15. The molecule has 0 atom stereocenters. The highest BCUT2D eigenvalue weighted by atomic mass is 16.5. The third-order valence-electron chi connectivity index (χ3n) is 3.48. The molecule has 2 N–H and O–H groups in total. The molecule has 1 fully saturated rings. The lowest BCUT2D eigenvalue weighted by Crippen LogP contribution is -2.36. The molecule has 0 heterocycles. The molecular weight excluding hydrogens is 262 g/mol. The molecule has 0 aliphatic heterocycles. The van der Waals surface area contributed by atoms with Crippen molar-refractivity contribution < 1.29 is 4.74 Å². The second-order valence-corrected chi connectivity index (χ2v) is 5.46. The van der Waals surface area contributed by atoms with Crippen LogP contribution in [0.25, 0.3) is 0 Å². The van der Waals surface area contributed by atoms with Crippen molar-refractivity contribution in [3.63, 3.8) is 0 Å². The number of nitrogens with one attached hydrogen (secondary N) is 2. The van der Waals surface area contributed by atoms with Crippen molar-refractivity contribution in [1.29, 1.82) is 0 Å². The van der Waals surface area contributed by atoms with Crippen molar-refractivity contribution in [3.8, 4) is 5.75 Å². The van der Waals surface area contributed by atoms with Crippen molar-refractivity contribution >= 4 is 5.96 Å². The van der Waals surface area contributed by atoms with Crippen LogP contribution >= 0.6 is 0 Å². The van der Waals surface area contributed by atoms with Gasteiger partial charge in [0, 0.05) is 25.7 Å². The molecule has 0 saturated heterocycles. The minimum atomic E-state index is 0.692. The molecule has 2 rings (SSSR count). The summed E-state index contributed by atoms with van der Waals surface area (Å²) in [4.78, 5) is 4.18. The Morgan fingerprint density at radius 3 is 2.90 bits per heavy atom. The molecule has 1 aliphatic rings. The highest BCUT2D eigenvalue weighted by molar-refractivity contribution is 5.79. The fourth-order valence-corrected chi connectivity index (χ4v) is 2.00. The Morgan fingerprint density at radius 2 is 2.24 bits per heavy atom. The number of guanidine groups is 1. The van der Waals surface area contributed by atoms with E-state index >= 15 is 0 Å². The first-order valence-electron chi connectivity index (χ1n) is 7.50. The minimum absolute atomic E-state index is 0.692. The van der Waals surface area contributed by atoms with Gasteiger partial charge < -0.3 is 15.4 Å². The lowest BCUT2D eigenvalue weighted by molar-refractivity contribution is 0.296. The standard InChI is InChI=1S/C17H25N3O/c1-4-9-19-17(18-3)20-11-15-8-5-13(2)10-16(15)21-12-14-6-7-14/h4-5,8,10,14H,1,6-7,9,11-12H2,2-3H3,(H2,18,19,20). The molecule has 0 amide bonds. The molecule has 0 radical (unpaired) electrons. The zero-order valence-electron chi connectivity index (χ0n) is 13.0. The molecule has 1 saturated carbocycles. The summed E-state index contributed by atoms with van der Waals surface area (Å²) in [7, 11) is 1.76. The number of hydrogen-bond donors (Lipinski definition) is 2. The normalized spacial score (nSPS) is 14.7. The Bertz CT molecular complexity index is 507. The number of hydrogen-bond acceptors (Lipinski definition) is 2. The summed E-state index contributed by atoms with van der Waals surface area (Å²) in [5.41, 5.74) is 2.38. The first-order chi connectivity index (χ1) is 10.2. The van der Waals surface area contributed by atoms with E-state index in [1.807, 2.05) is 6.08 Å². The first-order valence-corrected chi connectivity index (χ1v) is 7.50. The van der Waals surface area contributed by atoms with Crippen LogP contribution in [0.4, 0.5) is 0 Å². The topological polar surface area (TPSA) is 45.7 Å². The second kappa shape index (κ2) is 7.72. The zero-order chi connectivity index (χ0) is 15.1. The van der Waals surface area contributed by atoms with Gasteiger partial charge in [0.25, 0.3) is 0 Å². The molecule has 0 unspecified atom stereocenters. The molecule has 0 spiro atoms. The Kier molecular flexibility index (Phi) is 5.67. The first kappa shape index (κ1) is 15.4. The van der Waals surface area contributed by atoms with Crippen molar-refractivity contribution in [2.24, 2.45) is 10.9 Å². The summed E-state index contributed by atoms with van der Waals surface area (Å²) in [6.45, 7) is 8.00. The number of nitrogens with zero attached hydrogens (tertiary/aromatic N) is 1. The van der Waals surface area contributed by atoms with E-state index in [9.17, 15) is 0 Å². The summed E-state index contributed by atoms with van der Waals surface area (Å²) >= 11 is 0. The maximum atomic E-state index is 5.97. The van der Waals surface area contributed by atoms with Gasteiger partial charge >= 0.3 is 0 Å². The van der Waals surface area contributed by atoms with Crippen LogP contribution in [0.1, 0.15) is 24.0 Å². The van der Waals surface area contributed by atoms with Gasteiger partial charge in [0.1, 0.15) is 5.75 Å². The predicted octanol–water partition coefficient (Wildman–Crippen LogP) is 2.63. The molecule has 114 valence electrons. The van der Waals surface area contributed by atoms with Gasteiger partial charge in [-0.15, -0.1) is 6.58 Å². The van der Waals surface area contributed by atoms with Crippen molar-refractivity contribution in [2.45, 2.75) is 26.3 Å². The van der Waals surface area contributed by atoms with Gasteiger partial charge in [-0.25, -0.2) is 0 Å². The number of aliphatic imine (C=N–C) groups is 1. The second-order valence-electron chi connectivity index (χ2n) is 5.46. The van der Waals surface area contributed by atoms with Gasteiger partial charge in [-0.05, 0) is 37.3 Å². The van der Waals surface area contributed by atoms with Crippen LogP contribution in [-0.4, -0.2) is 26.2 Å². The van der Waals surface area contributed by atoms with Gasteiger partial charge in [-0.3, -0.25) is 4.99 Å². The number of rotatable bonds is 7. The molecule has 1 aliphatic carbocycles. The Balaban J connectivity index is 1.95. The number of benzene rings is 1. The zero-order valence-corrected chi connectivity index (χ0v) is 13.0. The van der Waals surface area contributed by atoms with Crippen LogP contribution in [0.15, 0.2) is 35.8 Å². The van der Waals surface area contributed by atoms with Crippen molar-refractivity contribution in [2.75, 3.05) is 20.2 Å². The van der Waals surface area contributed by atoms with E-state index in [-0.39, 0.29) is 0 Å². The lowest BCUT2D eigenvalue weighted by atomic mass is 10.1. The maximum absolute atomic E-state index is 5.97. The monoisotopic (exact) mass is 287 g/mol. The molecule has 1 aromatic carbocycles. The summed E-state index contributed by atoms with van der Waals surface area (Å²) < 4.78 is 5.97. The van der Waals surface area contributed by atoms with E-state index in [2.05, 4.69) is 47.3 Å². The van der Waals surface area contributed by atoms with E-state index in [0.717, 1.165) is 29.8 Å². The Hall–Kier alpha value is -1.97. The minimum Gasteiger partial charge on any atom is -0.493 e.